The van der Waals surface area contributed by atoms with Gasteiger partial charge in [-0.2, -0.15) is 0 Å². The van der Waals surface area contributed by atoms with Crippen LogP contribution in [-0.2, 0) is 43.7 Å². The maximum Gasteiger partial charge on any atom is 0.340 e. The monoisotopic (exact) mass is 804 g/mol. The van der Waals surface area contributed by atoms with Crippen molar-refractivity contribution in [3.05, 3.63) is 157 Å². The van der Waals surface area contributed by atoms with E-state index in [0.29, 0.717) is 40.9 Å². The summed E-state index contributed by atoms with van der Waals surface area (Å²) in [5, 5.41) is 0.795. The maximum atomic E-state index is 14.8. The molecule has 5 unspecified atom stereocenters. The number of esters is 2. The summed E-state index contributed by atoms with van der Waals surface area (Å²) >= 11 is 0. The summed E-state index contributed by atoms with van der Waals surface area (Å²) in [7, 11) is 0. The van der Waals surface area contributed by atoms with E-state index in [-0.39, 0.29) is 35.6 Å². The first-order valence-electron chi connectivity index (χ1n) is 21.9. The molecule has 7 heteroatoms. The number of hydrogen-bond donors (Lipinski definition) is 0. The van der Waals surface area contributed by atoms with Gasteiger partial charge >= 0.3 is 17.6 Å². The van der Waals surface area contributed by atoms with Crippen molar-refractivity contribution in [2.45, 2.75) is 134 Å². The molecule has 310 valence electrons. The molecule has 0 amide bonds. The number of fused-ring (bicyclic) bond motifs is 13. The zero-order valence-electron chi connectivity index (χ0n) is 35.8. The minimum absolute atomic E-state index is 0.00525. The van der Waals surface area contributed by atoms with Crippen LogP contribution in [0.5, 0.6) is 5.75 Å². The van der Waals surface area contributed by atoms with Gasteiger partial charge in [0.1, 0.15) is 16.9 Å². The molecule has 1 aromatic heterocycles. The topological polar surface area (TPSA) is 92.0 Å². The van der Waals surface area contributed by atoms with Crippen molar-refractivity contribution in [2.24, 2.45) is 5.92 Å². The third-order valence-electron chi connectivity index (χ3n) is 14.0. The summed E-state index contributed by atoms with van der Waals surface area (Å²) in [6.45, 7) is 11.7. The smallest absolute Gasteiger partial charge is 0.340 e. The Kier molecular flexibility index (Phi) is 10.4. The maximum absolute atomic E-state index is 14.8. The Labute approximate surface area is 353 Å². The second kappa shape index (κ2) is 15.6. The molecular formula is C53H56O7. The van der Waals surface area contributed by atoms with E-state index in [0.717, 1.165) is 60.6 Å². The molecule has 10 rings (SSSR count). The lowest BCUT2D eigenvalue weighted by Crippen LogP contribution is -2.52. The van der Waals surface area contributed by atoms with E-state index in [2.05, 4.69) is 86.6 Å². The van der Waals surface area contributed by atoms with Crippen LogP contribution in [0.4, 0.5) is 0 Å². The van der Waals surface area contributed by atoms with Crippen LogP contribution >= 0.6 is 0 Å². The molecule has 0 radical (unpaired) electrons. The summed E-state index contributed by atoms with van der Waals surface area (Å²) < 4.78 is 26.1. The highest BCUT2D eigenvalue weighted by molar-refractivity contribution is 5.90. The lowest BCUT2D eigenvalue weighted by molar-refractivity contribution is -0.188. The van der Waals surface area contributed by atoms with Crippen molar-refractivity contribution in [3.8, 4) is 5.75 Å². The molecule has 0 spiro atoms. The molecule has 4 aromatic carbocycles. The molecule has 5 aromatic rings. The Balaban J connectivity index is 1.12. The first kappa shape index (κ1) is 40.0. The van der Waals surface area contributed by atoms with Gasteiger partial charge in [-0.15, -0.1) is 0 Å². The molecule has 0 N–H and O–H groups in total. The van der Waals surface area contributed by atoms with Gasteiger partial charge in [0.15, 0.2) is 12.2 Å². The lowest BCUT2D eigenvalue weighted by Gasteiger charge is -2.43. The second-order valence-corrected chi connectivity index (χ2v) is 19.1. The van der Waals surface area contributed by atoms with Crippen molar-refractivity contribution < 1.29 is 28.2 Å². The summed E-state index contributed by atoms with van der Waals surface area (Å²) in [4.78, 5) is 42.9. The minimum atomic E-state index is -1.10. The Hall–Kier alpha value is -5.43. The highest BCUT2D eigenvalue weighted by Gasteiger charge is 2.51. The summed E-state index contributed by atoms with van der Waals surface area (Å²) in [5.74, 6) is 0.0242. The average molecular weight is 805 g/mol. The van der Waals surface area contributed by atoms with Gasteiger partial charge in [0.25, 0.3) is 0 Å². The predicted molar refractivity (Wildman–Crippen MR) is 234 cm³/mol. The van der Waals surface area contributed by atoms with E-state index in [9.17, 15) is 14.4 Å². The molecule has 5 aliphatic rings. The summed E-state index contributed by atoms with van der Waals surface area (Å²) in [6.07, 6.45) is 4.42. The zero-order valence-corrected chi connectivity index (χ0v) is 35.8. The number of carbonyl (C=O) groups excluding carboxylic acids is 2. The number of aryl methyl sites for hydroxylation is 2. The van der Waals surface area contributed by atoms with Crippen molar-refractivity contribution in [1.82, 2.24) is 0 Å². The Morgan fingerprint density at radius 3 is 2.30 bits per heavy atom. The predicted octanol–water partition coefficient (Wildman–Crippen LogP) is 11.3. The number of ether oxygens (including phenoxy) is 3. The molecule has 60 heavy (non-hydrogen) atoms. The molecule has 2 aliphatic carbocycles. The van der Waals surface area contributed by atoms with Crippen LogP contribution < -0.4 is 10.4 Å². The third-order valence-corrected chi connectivity index (χ3v) is 14.0. The fraction of sp³-hybridized carbons (Fsp3) is 0.415. The number of rotatable bonds is 3. The highest BCUT2D eigenvalue weighted by Crippen LogP contribution is 2.51. The third kappa shape index (κ3) is 7.50. The zero-order chi connectivity index (χ0) is 41.9. The van der Waals surface area contributed by atoms with Gasteiger partial charge in [0.2, 0.25) is 0 Å². The summed E-state index contributed by atoms with van der Waals surface area (Å²) in [5.41, 5.74) is 8.24. The molecule has 5 atom stereocenters. The average Bonchev–Trinajstić information content (AvgIpc) is 3.54. The fourth-order valence-electron chi connectivity index (χ4n) is 10.7. The normalized spacial score (nSPS) is 24.6. The van der Waals surface area contributed by atoms with Crippen LogP contribution in [-0.4, -0.2) is 23.6 Å². The highest BCUT2D eigenvalue weighted by atomic mass is 16.6. The largest absolute Gasteiger partial charge is 0.483 e. The van der Waals surface area contributed by atoms with Crippen molar-refractivity contribution in [3.63, 3.8) is 0 Å². The van der Waals surface area contributed by atoms with Gasteiger partial charge in [-0.25, -0.2) is 9.59 Å². The molecule has 1 saturated carbocycles. The summed E-state index contributed by atoms with van der Waals surface area (Å²) in [6, 6.07) is 32.1. The first-order valence-corrected chi connectivity index (χ1v) is 21.9. The van der Waals surface area contributed by atoms with Gasteiger partial charge in [0, 0.05) is 22.9 Å². The molecule has 4 heterocycles. The minimum Gasteiger partial charge on any atom is -0.483 e. The van der Waals surface area contributed by atoms with Gasteiger partial charge < -0.3 is 18.6 Å². The quantitative estimate of drug-likeness (QED) is 0.102. The van der Waals surface area contributed by atoms with Gasteiger partial charge in [-0.1, -0.05) is 98.3 Å². The van der Waals surface area contributed by atoms with E-state index in [1.807, 2.05) is 45.9 Å². The Bertz CT molecular complexity index is 2550. The van der Waals surface area contributed by atoms with Gasteiger partial charge in [-0.05, 0) is 148 Å². The van der Waals surface area contributed by atoms with E-state index < -0.39 is 29.4 Å². The molecule has 2 bridgehead atoms. The van der Waals surface area contributed by atoms with E-state index in [1.165, 1.54) is 22.3 Å². The van der Waals surface area contributed by atoms with Crippen LogP contribution in [0.3, 0.4) is 0 Å². The number of carbonyl (C=O) groups is 2. The van der Waals surface area contributed by atoms with Crippen molar-refractivity contribution >= 4 is 22.9 Å². The molecule has 0 saturated heterocycles. The standard InChI is InChI=1S/C53H56O7/c1-31(2)39-21-17-32-15-18-35(19-16-32)40-22-20-37(36-14-10-13-34(28-36)27-33-11-8-7-9-12-33)29-38(40)30-44(54)57-48-45-43(60-53(5,6)49(48)59-50(39)55)24-23-42-41-25-26-52(3,4)46(41)51(56)58-47(42)45/h7-16,18-19,23-24,28,37-38,40,48-49H,17,20-22,25-27,29-30H2,1-6H3. The number of hydrogen-bond acceptors (Lipinski definition) is 7. The van der Waals surface area contributed by atoms with E-state index >= 15 is 0 Å². The number of allylic oxidation sites excluding steroid dienone is 1. The first-order chi connectivity index (χ1) is 28.8. The number of benzene rings is 4. The van der Waals surface area contributed by atoms with Gasteiger partial charge in [0.05, 0.1) is 5.56 Å². The van der Waals surface area contributed by atoms with Gasteiger partial charge in [-0.3, -0.25) is 4.79 Å². The van der Waals surface area contributed by atoms with E-state index in [1.54, 1.807) is 0 Å². The van der Waals surface area contributed by atoms with E-state index in [4.69, 9.17) is 18.6 Å². The van der Waals surface area contributed by atoms with Crippen LogP contribution in [0.2, 0.25) is 0 Å². The second-order valence-electron chi connectivity index (χ2n) is 19.1. The molecular weight excluding hydrogens is 749 g/mol. The molecule has 7 nitrogen and oxygen atoms in total. The molecule has 1 fully saturated rings. The van der Waals surface area contributed by atoms with Crippen molar-refractivity contribution in [1.29, 1.82) is 0 Å². The SMILES string of the molecule is CC(C)=C1CCc2ccc(cc2)C2CCC(c3cccc(Cc4ccccc4)c3)CC2CC(=O)OC2c3c(ccc4c5c(c(=O)oc34)C(C)(C)CC5)OC(C)(C)C2OC1=O. The fourth-order valence-corrected chi connectivity index (χ4v) is 10.7. The van der Waals surface area contributed by atoms with Crippen LogP contribution in [0.15, 0.2) is 111 Å². The van der Waals surface area contributed by atoms with Crippen LogP contribution in [0.25, 0.3) is 11.0 Å². The Morgan fingerprint density at radius 1 is 0.767 bits per heavy atom. The van der Waals surface area contributed by atoms with Crippen LogP contribution in [0.1, 0.15) is 143 Å². The lowest BCUT2D eigenvalue weighted by atomic mass is 9.68. The van der Waals surface area contributed by atoms with Crippen molar-refractivity contribution in [2.75, 3.05) is 0 Å². The molecule has 3 aliphatic heterocycles. The Morgan fingerprint density at radius 2 is 1.53 bits per heavy atom. The van der Waals surface area contributed by atoms with Crippen LogP contribution in [0, 0.1) is 5.92 Å².